The molecule has 0 aliphatic carbocycles. The molecule has 0 radical (unpaired) electrons. The van der Waals surface area contributed by atoms with Crippen molar-refractivity contribution in [2.75, 3.05) is 45.8 Å². The monoisotopic (exact) mass is 301 g/mol. The van der Waals surface area contributed by atoms with Crippen LogP contribution in [-0.2, 0) is 6.54 Å². The van der Waals surface area contributed by atoms with E-state index in [4.69, 9.17) is 5.73 Å². The molecule has 2 rings (SSSR count). The van der Waals surface area contributed by atoms with Crippen molar-refractivity contribution in [1.29, 1.82) is 0 Å². The SMILES string of the molecule is C=CCNC(N)=NCCN1CCN(Cc2ccccc2)CC1. The van der Waals surface area contributed by atoms with E-state index in [-0.39, 0.29) is 0 Å². The molecule has 0 saturated carbocycles. The molecule has 1 fully saturated rings. The zero-order chi connectivity index (χ0) is 15.6. The van der Waals surface area contributed by atoms with Crippen LogP contribution in [0, 0.1) is 0 Å². The Bertz CT molecular complexity index is 463. The molecule has 1 heterocycles. The Labute approximate surface area is 133 Å². The molecule has 0 spiro atoms. The lowest BCUT2D eigenvalue weighted by Crippen LogP contribution is -2.46. The van der Waals surface area contributed by atoms with Gasteiger partial charge >= 0.3 is 0 Å². The Balaban J connectivity index is 1.64. The van der Waals surface area contributed by atoms with Crippen LogP contribution in [0.4, 0.5) is 0 Å². The van der Waals surface area contributed by atoms with E-state index in [9.17, 15) is 0 Å². The highest BCUT2D eigenvalue weighted by Crippen LogP contribution is 2.08. The third-order valence-electron chi connectivity index (χ3n) is 3.84. The van der Waals surface area contributed by atoms with Gasteiger partial charge in [0.05, 0.1) is 6.54 Å². The molecule has 120 valence electrons. The molecule has 0 amide bonds. The second-order valence-corrected chi connectivity index (χ2v) is 5.54. The van der Waals surface area contributed by atoms with Gasteiger partial charge in [0.1, 0.15) is 0 Å². The molecule has 0 bridgehead atoms. The minimum atomic E-state index is 0.502. The van der Waals surface area contributed by atoms with Crippen LogP contribution in [-0.4, -0.2) is 61.6 Å². The maximum absolute atomic E-state index is 5.75. The normalized spacial score (nSPS) is 17.4. The minimum absolute atomic E-state index is 0.502. The number of hydrogen-bond acceptors (Lipinski definition) is 3. The number of nitrogens with two attached hydrogens (primary N) is 1. The van der Waals surface area contributed by atoms with E-state index in [1.165, 1.54) is 5.56 Å². The highest BCUT2D eigenvalue weighted by Gasteiger charge is 2.16. The molecule has 5 nitrogen and oxygen atoms in total. The van der Waals surface area contributed by atoms with Crippen molar-refractivity contribution in [3.05, 3.63) is 48.6 Å². The number of rotatable bonds is 7. The smallest absolute Gasteiger partial charge is 0.188 e. The maximum Gasteiger partial charge on any atom is 0.188 e. The highest BCUT2D eigenvalue weighted by molar-refractivity contribution is 5.77. The Hall–Kier alpha value is -1.85. The van der Waals surface area contributed by atoms with Crippen LogP contribution in [0.1, 0.15) is 5.56 Å². The predicted molar refractivity (Wildman–Crippen MR) is 92.8 cm³/mol. The summed E-state index contributed by atoms with van der Waals surface area (Å²) in [6, 6.07) is 10.7. The molecule has 1 saturated heterocycles. The van der Waals surface area contributed by atoms with Gasteiger partial charge < -0.3 is 11.1 Å². The molecule has 1 aromatic rings. The number of nitrogens with zero attached hydrogens (tertiary/aromatic N) is 3. The molecule has 0 unspecified atom stereocenters. The molecule has 0 aromatic heterocycles. The van der Waals surface area contributed by atoms with Crippen LogP contribution >= 0.6 is 0 Å². The van der Waals surface area contributed by atoms with E-state index in [2.05, 4.69) is 57.0 Å². The third-order valence-corrected chi connectivity index (χ3v) is 3.84. The van der Waals surface area contributed by atoms with Crippen molar-refractivity contribution in [3.8, 4) is 0 Å². The first-order chi connectivity index (χ1) is 10.8. The first-order valence-electron chi connectivity index (χ1n) is 7.91. The van der Waals surface area contributed by atoms with E-state index in [0.29, 0.717) is 12.5 Å². The van der Waals surface area contributed by atoms with Crippen LogP contribution in [0.2, 0.25) is 0 Å². The number of benzene rings is 1. The second kappa shape index (κ2) is 9.23. The molecule has 1 aromatic carbocycles. The summed E-state index contributed by atoms with van der Waals surface area (Å²) in [6.45, 7) is 11.5. The van der Waals surface area contributed by atoms with E-state index in [1.807, 2.05) is 0 Å². The van der Waals surface area contributed by atoms with Gasteiger partial charge in [0.2, 0.25) is 0 Å². The number of aliphatic imine (C=N–C) groups is 1. The average molecular weight is 301 g/mol. The predicted octanol–water partition coefficient (Wildman–Crippen LogP) is 0.895. The lowest BCUT2D eigenvalue weighted by atomic mass is 10.2. The summed E-state index contributed by atoms with van der Waals surface area (Å²) in [6.07, 6.45) is 1.77. The van der Waals surface area contributed by atoms with Gasteiger partial charge in [-0.2, -0.15) is 0 Å². The standard InChI is InChI=1S/C17H27N5/c1-2-8-19-17(18)20-9-10-21-11-13-22(14-12-21)15-16-6-4-3-5-7-16/h2-7H,1,8-15H2,(H3,18,19,20). The summed E-state index contributed by atoms with van der Waals surface area (Å²) in [7, 11) is 0. The summed E-state index contributed by atoms with van der Waals surface area (Å²) in [5, 5.41) is 2.99. The summed E-state index contributed by atoms with van der Waals surface area (Å²) in [5.74, 6) is 0.502. The number of piperazine rings is 1. The van der Waals surface area contributed by atoms with Gasteiger partial charge in [-0.25, -0.2) is 0 Å². The van der Waals surface area contributed by atoms with Crippen LogP contribution in [0.25, 0.3) is 0 Å². The zero-order valence-corrected chi connectivity index (χ0v) is 13.2. The van der Waals surface area contributed by atoms with Gasteiger partial charge in [0, 0.05) is 45.8 Å². The fraction of sp³-hybridized carbons (Fsp3) is 0.471. The molecular weight excluding hydrogens is 274 g/mol. The van der Waals surface area contributed by atoms with Crippen molar-refractivity contribution in [3.63, 3.8) is 0 Å². The summed E-state index contributed by atoms with van der Waals surface area (Å²) in [5.41, 5.74) is 7.14. The van der Waals surface area contributed by atoms with Crippen LogP contribution in [0.5, 0.6) is 0 Å². The van der Waals surface area contributed by atoms with E-state index in [1.54, 1.807) is 6.08 Å². The van der Waals surface area contributed by atoms with Gasteiger partial charge in [-0.15, -0.1) is 6.58 Å². The average Bonchev–Trinajstić information content (AvgIpc) is 2.55. The van der Waals surface area contributed by atoms with E-state index < -0.39 is 0 Å². The Morgan fingerprint density at radius 1 is 1.18 bits per heavy atom. The Morgan fingerprint density at radius 2 is 1.86 bits per heavy atom. The quantitative estimate of drug-likeness (QED) is 0.446. The van der Waals surface area contributed by atoms with Crippen molar-refractivity contribution < 1.29 is 0 Å². The van der Waals surface area contributed by atoms with Gasteiger partial charge in [0.25, 0.3) is 0 Å². The lowest BCUT2D eigenvalue weighted by Gasteiger charge is -2.34. The minimum Gasteiger partial charge on any atom is -0.370 e. The van der Waals surface area contributed by atoms with Crippen LogP contribution in [0.3, 0.4) is 0 Å². The highest BCUT2D eigenvalue weighted by atomic mass is 15.3. The number of guanidine groups is 1. The van der Waals surface area contributed by atoms with Crippen LogP contribution < -0.4 is 11.1 Å². The molecule has 0 atom stereocenters. The van der Waals surface area contributed by atoms with Crippen molar-refractivity contribution in [2.24, 2.45) is 10.7 Å². The topological polar surface area (TPSA) is 56.9 Å². The second-order valence-electron chi connectivity index (χ2n) is 5.54. The molecule has 5 heteroatoms. The molecule has 1 aliphatic rings. The number of hydrogen-bond donors (Lipinski definition) is 2. The largest absolute Gasteiger partial charge is 0.370 e. The van der Waals surface area contributed by atoms with Gasteiger partial charge in [-0.1, -0.05) is 36.4 Å². The molecule has 22 heavy (non-hydrogen) atoms. The van der Waals surface area contributed by atoms with Crippen molar-refractivity contribution in [1.82, 2.24) is 15.1 Å². The Morgan fingerprint density at radius 3 is 2.55 bits per heavy atom. The first-order valence-corrected chi connectivity index (χ1v) is 7.91. The Kier molecular flexibility index (Phi) is 6.93. The maximum atomic E-state index is 5.75. The molecule has 1 aliphatic heterocycles. The molecular formula is C17H27N5. The summed E-state index contributed by atoms with van der Waals surface area (Å²) >= 11 is 0. The summed E-state index contributed by atoms with van der Waals surface area (Å²) in [4.78, 5) is 9.28. The fourth-order valence-corrected chi connectivity index (χ4v) is 2.56. The number of nitrogens with one attached hydrogen (secondary N) is 1. The van der Waals surface area contributed by atoms with Crippen molar-refractivity contribution >= 4 is 5.96 Å². The van der Waals surface area contributed by atoms with Gasteiger partial charge in [-0.3, -0.25) is 14.8 Å². The van der Waals surface area contributed by atoms with E-state index >= 15 is 0 Å². The fourth-order valence-electron chi connectivity index (χ4n) is 2.56. The van der Waals surface area contributed by atoms with Gasteiger partial charge in [0.15, 0.2) is 5.96 Å². The lowest BCUT2D eigenvalue weighted by molar-refractivity contribution is 0.130. The third kappa shape index (κ3) is 5.87. The van der Waals surface area contributed by atoms with Crippen molar-refractivity contribution in [2.45, 2.75) is 6.54 Å². The van der Waals surface area contributed by atoms with Gasteiger partial charge in [-0.05, 0) is 5.56 Å². The zero-order valence-electron chi connectivity index (χ0n) is 13.2. The first kappa shape index (κ1) is 16.5. The van der Waals surface area contributed by atoms with Crippen LogP contribution in [0.15, 0.2) is 48.0 Å². The van der Waals surface area contributed by atoms with E-state index in [0.717, 1.165) is 45.8 Å². The summed E-state index contributed by atoms with van der Waals surface area (Å²) < 4.78 is 0. The molecule has 3 N–H and O–H groups in total.